The Kier molecular flexibility index (Phi) is 7.31. The number of carbonyl (C=O) groups excluding carboxylic acids is 2. The van der Waals surface area contributed by atoms with Crippen LogP contribution in [0.3, 0.4) is 0 Å². The van der Waals surface area contributed by atoms with E-state index in [1.807, 2.05) is 18.2 Å². The number of rotatable bonds is 6. The van der Waals surface area contributed by atoms with Gasteiger partial charge < -0.3 is 41.9 Å². The van der Waals surface area contributed by atoms with E-state index >= 15 is 0 Å². The van der Waals surface area contributed by atoms with E-state index in [2.05, 4.69) is 12.0 Å². The number of nitrogens with zero attached hydrogens (tertiary/aromatic N) is 4. The van der Waals surface area contributed by atoms with Gasteiger partial charge in [-0.1, -0.05) is 25.1 Å². The number of carbonyl (C=O) groups is 2. The average molecular weight is 643 g/mol. The highest BCUT2D eigenvalue weighted by atomic mass is 35.5. The third-order valence-electron chi connectivity index (χ3n) is 10.6. The second kappa shape index (κ2) is 10.4. The number of aliphatic hydroxyl groups excluding tert-OH is 2. The van der Waals surface area contributed by atoms with Crippen LogP contribution in [0.1, 0.15) is 19.4 Å². The summed E-state index contributed by atoms with van der Waals surface area (Å²) in [6.07, 6.45) is -0.958. The summed E-state index contributed by atoms with van der Waals surface area (Å²) >= 11 is 0. The summed E-state index contributed by atoms with van der Waals surface area (Å²) in [4.78, 5) is 26.4. The predicted molar refractivity (Wildman–Crippen MR) is 154 cm³/mol. The summed E-state index contributed by atoms with van der Waals surface area (Å²) in [6, 6.07) is 11.8. The highest BCUT2D eigenvalue weighted by molar-refractivity contribution is 7.93. The van der Waals surface area contributed by atoms with Crippen molar-refractivity contribution in [1.29, 1.82) is 0 Å². The van der Waals surface area contributed by atoms with Gasteiger partial charge in [0.05, 0.1) is 46.9 Å². The predicted octanol–water partition coefficient (Wildman–Crippen LogP) is -3.67. The lowest BCUT2D eigenvalue weighted by atomic mass is 9.78. The molecule has 1 amide bonds. The van der Waals surface area contributed by atoms with Crippen LogP contribution in [0.2, 0.25) is 0 Å². The van der Waals surface area contributed by atoms with E-state index in [4.69, 9.17) is 0 Å². The summed E-state index contributed by atoms with van der Waals surface area (Å²) in [5.74, 6) is -0.388. The molecule has 4 fully saturated rings. The molecule has 44 heavy (non-hydrogen) atoms. The molecule has 234 valence electrons. The van der Waals surface area contributed by atoms with Gasteiger partial charge >= 0.3 is 0 Å². The highest BCUT2D eigenvalue weighted by Crippen LogP contribution is 2.50. The molecule has 0 aliphatic carbocycles. The molecule has 0 spiro atoms. The summed E-state index contributed by atoms with van der Waals surface area (Å²) in [5, 5.41) is 33.1. The van der Waals surface area contributed by atoms with Gasteiger partial charge in [0.2, 0.25) is 5.91 Å². The Bertz CT molecular complexity index is 1770. The van der Waals surface area contributed by atoms with Crippen molar-refractivity contribution in [3.8, 4) is 12.0 Å². The number of piperazine rings is 3. The van der Waals surface area contributed by atoms with Gasteiger partial charge in [-0.25, -0.2) is 12.9 Å². The fraction of sp³-hybridized carbons (Fsp3) is 0.484. The molecule has 0 radical (unpaired) electrons. The normalized spacial score (nSPS) is 31.7. The molecule has 0 unspecified atom stereocenters. The Morgan fingerprint density at radius 1 is 1.14 bits per heavy atom. The molecule has 2 bridgehead atoms. The Labute approximate surface area is 262 Å². The van der Waals surface area contributed by atoms with Crippen molar-refractivity contribution >= 4 is 38.4 Å². The quantitative estimate of drug-likeness (QED) is 0.188. The average Bonchev–Trinajstić information content (AvgIpc) is 3.35. The number of quaternary nitrogens is 2. The molecule has 2 aromatic carbocycles. The maximum Gasteiger partial charge on any atom is 0.265 e. The second-order valence-electron chi connectivity index (χ2n) is 12.8. The van der Waals surface area contributed by atoms with Gasteiger partial charge in [0.25, 0.3) is 10.0 Å². The molecule has 6 aliphatic rings. The van der Waals surface area contributed by atoms with E-state index in [1.165, 1.54) is 11.2 Å². The minimum Gasteiger partial charge on any atom is -1.00 e. The maximum absolute atomic E-state index is 14.0. The van der Waals surface area contributed by atoms with Crippen LogP contribution in [0.4, 0.5) is 5.69 Å². The number of sulfonamides is 1. The lowest BCUT2D eigenvalue weighted by Crippen LogP contribution is -3.00. The summed E-state index contributed by atoms with van der Waals surface area (Å²) < 4.78 is 30.9. The Morgan fingerprint density at radius 3 is 2.43 bits per heavy atom. The zero-order valence-electron chi connectivity index (χ0n) is 24.6. The number of β-lactam (4-membered cyclic amide) rings is 1. The van der Waals surface area contributed by atoms with Crippen LogP contribution in [0.15, 0.2) is 46.5 Å². The molecule has 0 aromatic heterocycles. The van der Waals surface area contributed by atoms with Crippen molar-refractivity contribution in [2.24, 2.45) is 11.8 Å². The second-order valence-corrected chi connectivity index (χ2v) is 14.6. The number of aliphatic carboxylic acids is 1. The first-order chi connectivity index (χ1) is 20.4. The van der Waals surface area contributed by atoms with Crippen molar-refractivity contribution in [3.05, 3.63) is 47.2 Å². The molecule has 6 aliphatic heterocycles. The van der Waals surface area contributed by atoms with Gasteiger partial charge in [0.1, 0.15) is 58.5 Å². The summed E-state index contributed by atoms with van der Waals surface area (Å²) in [7, 11) is -4.01. The van der Waals surface area contributed by atoms with Crippen LogP contribution in [-0.4, -0.2) is 109 Å². The number of aliphatic hydroxyl groups is 2. The van der Waals surface area contributed by atoms with Crippen LogP contribution >= 0.6 is 0 Å². The maximum atomic E-state index is 14.0. The molecule has 13 heteroatoms. The molecule has 6 heterocycles. The van der Waals surface area contributed by atoms with Crippen LogP contribution in [0.25, 0.3) is 10.8 Å². The van der Waals surface area contributed by atoms with Gasteiger partial charge in [-0.3, -0.25) is 9.10 Å². The van der Waals surface area contributed by atoms with Gasteiger partial charge in [0, 0.05) is 16.9 Å². The minimum atomic E-state index is -4.01. The largest absolute Gasteiger partial charge is 1.00 e. The lowest BCUT2D eigenvalue weighted by Gasteiger charge is -2.52. The van der Waals surface area contributed by atoms with Crippen LogP contribution < -0.4 is 21.8 Å². The number of hydrogen-bond donors (Lipinski definition) is 2. The number of carboxylic acids is 1. The lowest BCUT2D eigenvalue weighted by molar-refractivity contribution is -1.06. The van der Waals surface area contributed by atoms with E-state index < -0.39 is 45.9 Å². The first-order valence-electron chi connectivity index (χ1n) is 14.8. The molecule has 4 saturated heterocycles. The van der Waals surface area contributed by atoms with Crippen molar-refractivity contribution in [3.63, 3.8) is 0 Å². The van der Waals surface area contributed by atoms with Gasteiger partial charge in [0.15, 0.2) is 0 Å². The molecule has 2 N–H and O–H groups in total. The van der Waals surface area contributed by atoms with Crippen LogP contribution in [0.5, 0.6) is 0 Å². The molecule has 0 saturated carbocycles. The van der Waals surface area contributed by atoms with E-state index in [1.54, 1.807) is 19.1 Å². The molecule has 4 atom stereocenters. The number of carboxylic acid groups (broad SMARTS) is 1. The summed E-state index contributed by atoms with van der Waals surface area (Å²) in [5.41, 5.74) is 1.58. The van der Waals surface area contributed by atoms with Crippen molar-refractivity contribution in [2.75, 3.05) is 56.7 Å². The first kappa shape index (κ1) is 30.8. The third-order valence-corrected chi connectivity index (χ3v) is 12.4. The fourth-order valence-corrected chi connectivity index (χ4v) is 9.91. The van der Waals surface area contributed by atoms with E-state index in [-0.39, 0.29) is 36.2 Å². The Hall–Kier alpha value is -3.18. The zero-order chi connectivity index (χ0) is 30.5. The monoisotopic (exact) mass is 642 g/mol. The van der Waals surface area contributed by atoms with Crippen molar-refractivity contribution < 1.29 is 54.7 Å². The van der Waals surface area contributed by atoms with Crippen LogP contribution in [-0.2, 0) is 26.2 Å². The summed E-state index contributed by atoms with van der Waals surface area (Å²) in [6.45, 7) is 9.30. The molecule has 11 nitrogen and oxygen atoms in total. The Morgan fingerprint density at radius 2 is 1.82 bits per heavy atom. The highest BCUT2D eigenvalue weighted by Gasteiger charge is 2.59. The van der Waals surface area contributed by atoms with Gasteiger partial charge in [-0.15, -0.1) is 0 Å². The number of hydrogen-bond acceptors (Lipinski definition) is 7. The smallest absolute Gasteiger partial charge is 0.265 e. The van der Waals surface area contributed by atoms with Gasteiger partial charge in [-0.2, -0.15) is 0 Å². The molecular weight excluding hydrogens is 608 g/mol. The van der Waals surface area contributed by atoms with E-state index in [0.717, 1.165) is 70.6 Å². The van der Waals surface area contributed by atoms with Crippen molar-refractivity contribution in [1.82, 2.24) is 4.90 Å². The zero-order valence-corrected chi connectivity index (χ0v) is 26.1. The number of halogens is 1. The Balaban J connectivity index is 0.00000343. The fourth-order valence-electron chi connectivity index (χ4n) is 8.24. The van der Waals surface area contributed by atoms with E-state index in [0.29, 0.717) is 16.6 Å². The first-order valence-corrected chi connectivity index (χ1v) is 16.2. The number of amides is 1. The van der Waals surface area contributed by atoms with Gasteiger partial charge in [-0.05, 0) is 35.9 Å². The minimum absolute atomic E-state index is 0. The molecular formula is C31H35ClN4O7S. The number of anilines is 1. The SMILES string of the molecule is C[C@@H](O)[C@H]1C(=O)N2C(C(=O)[O-])=C(CN3c4cccc5c(C[N+]67CC[N+](C#CCO)(CC6)CC7)ccc(c45)S3(=O)=O)[C@H](C)[C@H]12.[Cl-]. The number of benzene rings is 2. The molecule has 2 aromatic rings. The topological polar surface area (TPSA) is 138 Å². The molecule has 8 rings (SSSR count). The van der Waals surface area contributed by atoms with Crippen LogP contribution in [0, 0.1) is 23.8 Å². The third kappa shape index (κ3) is 4.21. The number of fused-ring (bicyclic) bond motifs is 4. The van der Waals surface area contributed by atoms with Crippen molar-refractivity contribution in [2.45, 2.75) is 37.4 Å². The standard InChI is InChI=1S/C31H35N4O7S.ClH/c1-19-23(29(31(39)40)33-28(19)26(20(2)37)30(33)38)17-32-24-6-3-5-22-21(7-8-25(27(22)24)43(32,41)42)18-35-13-10-34(11-14-35,12-15-35)9-4-16-36;/h3,5-8,19-20,26,28,36-37H,10-18H2,1-2H3;1H/q+1;/p-1/t19-,20+,26+,28+,34?,35?;/m0./s1. The van der Waals surface area contributed by atoms with E-state index in [9.17, 15) is 33.3 Å².